The Morgan fingerprint density at radius 2 is 1.53 bits per heavy atom. The molecule has 4 rings (SSSR count). The van der Waals surface area contributed by atoms with Gasteiger partial charge in [-0.05, 0) is 79.0 Å². The van der Waals surface area contributed by atoms with Gasteiger partial charge in [0.25, 0.3) is 0 Å². The average Bonchev–Trinajstić information content (AvgIpc) is 2.94. The Labute approximate surface area is 225 Å². The minimum absolute atomic E-state index is 0.0562. The van der Waals surface area contributed by atoms with E-state index in [2.05, 4.69) is 25.2 Å². The van der Waals surface area contributed by atoms with Gasteiger partial charge in [0.2, 0.25) is 5.82 Å². The van der Waals surface area contributed by atoms with Crippen LogP contribution in [0.3, 0.4) is 0 Å². The van der Waals surface area contributed by atoms with Gasteiger partial charge >= 0.3 is 0 Å². The highest BCUT2D eigenvalue weighted by molar-refractivity contribution is 5.74. The van der Waals surface area contributed by atoms with E-state index in [4.69, 9.17) is 4.74 Å². The smallest absolute Gasteiger partial charge is 0.201 e. The maximum absolute atomic E-state index is 15.1. The van der Waals surface area contributed by atoms with Crippen molar-refractivity contribution in [3.05, 3.63) is 95.8 Å². The van der Waals surface area contributed by atoms with Gasteiger partial charge in [-0.25, -0.2) is 8.78 Å². The summed E-state index contributed by atoms with van der Waals surface area (Å²) in [5.41, 5.74) is 4.00. The third-order valence-corrected chi connectivity index (χ3v) is 7.31. The van der Waals surface area contributed by atoms with E-state index in [-0.39, 0.29) is 17.1 Å². The summed E-state index contributed by atoms with van der Waals surface area (Å²) in [5.74, 6) is -1.65. The Morgan fingerprint density at radius 1 is 0.816 bits per heavy atom. The van der Waals surface area contributed by atoms with Gasteiger partial charge in [0, 0.05) is 11.1 Å². The van der Waals surface area contributed by atoms with Gasteiger partial charge < -0.3 is 4.74 Å². The summed E-state index contributed by atoms with van der Waals surface area (Å²) in [6.45, 7) is 4.55. The lowest BCUT2D eigenvalue weighted by Crippen LogP contribution is -2.03. The van der Waals surface area contributed by atoms with Gasteiger partial charge in [0.15, 0.2) is 11.6 Å². The Bertz CT molecular complexity index is 1270. The highest BCUT2D eigenvalue weighted by Crippen LogP contribution is 2.35. The maximum Gasteiger partial charge on any atom is 0.201 e. The number of rotatable bonds is 11. The van der Waals surface area contributed by atoms with Crippen molar-refractivity contribution >= 4 is 5.57 Å². The van der Waals surface area contributed by atoms with E-state index in [1.54, 1.807) is 24.3 Å². The van der Waals surface area contributed by atoms with Crippen molar-refractivity contribution < 1.29 is 17.9 Å². The standard InChI is InChI=1S/C34H37F3O/c1-3-5-6-7-8-22-38-32-21-20-30(33(36)34(32)37)27-16-14-25(15-17-27)28-18-19-29(31(35)23-28)26-12-10-24(9-4-2)11-13-26/h4,9,12,14-21,23-24H,3,5-8,10-11,13,22H2,1-2H3. The van der Waals surface area contributed by atoms with Gasteiger partial charge in [-0.1, -0.05) is 87.2 Å². The molecule has 38 heavy (non-hydrogen) atoms. The fourth-order valence-corrected chi connectivity index (χ4v) is 5.10. The lowest BCUT2D eigenvalue weighted by Gasteiger charge is -2.20. The van der Waals surface area contributed by atoms with Gasteiger partial charge in [0.05, 0.1) is 6.61 Å². The maximum atomic E-state index is 15.1. The third-order valence-electron chi connectivity index (χ3n) is 7.31. The van der Waals surface area contributed by atoms with Crippen molar-refractivity contribution in [1.82, 2.24) is 0 Å². The van der Waals surface area contributed by atoms with Crippen LogP contribution < -0.4 is 4.74 Å². The van der Waals surface area contributed by atoms with Crippen LogP contribution in [0.5, 0.6) is 5.75 Å². The quantitative estimate of drug-likeness (QED) is 0.181. The minimum atomic E-state index is -0.966. The summed E-state index contributed by atoms with van der Waals surface area (Å²) in [6.07, 6.45) is 14.6. The van der Waals surface area contributed by atoms with Crippen LogP contribution in [0.4, 0.5) is 13.2 Å². The van der Waals surface area contributed by atoms with Gasteiger partial charge in [-0.15, -0.1) is 0 Å². The highest BCUT2D eigenvalue weighted by Gasteiger charge is 2.18. The van der Waals surface area contributed by atoms with Crippen LogP contribution in [0.1, 0.15) is 70.8 Å². The van der Waals surface area contributed by atoms with Crippen molar-refractivity contribution in [2.24, 2.45) is 5.92 Å². The molecule has 1 atom stereocenters. The van der Waals surface area contributed by atoms with Crippen molar-refractivity contribution in [1.29, 1.82) is 0 Å². The molecule has 4 heteroatoms. The first-order chi connectivity index (χ1) is 18.5. The lowest BCUT2D eigenvalue weighted by atomic mass is 9.86. The molecule has 200 valence electrons. The molecule has 3 aromatic rings. The van der Waals surface area contributed by atoms with E-state index in [9.17, 15) is 8.78 Å². The van der Waals surface area contributed by atoms with E-state index in [0.29, 0.717) is 23.7 Å². The van der Waals surface area contributed by atoms with E-state index < -0.39 is 11.6 Å². The number of halogens is 3. The van der Waals surface area contributed by atoms with Crippen LogP contribution in [-0.2, 0) is 0 Å². The molecular weight excluding hydrogens is 481 g/mol. The molecular formula is C34H37F3O. The van der Waals surface area contributed by atoms with E-state index in [1.165, 1.54) is 12.5 Å². The molecule has 0 radical (unpaired) electrons. The second kappa shape index (κ2) is 13.5. The predicted octanol–water partition coefficient (Wildman–Crippen LogP) is 10.5. The molecule has 0 amide bonds. The van der Waals surface area contributed by atoms with Crippen molar-refractivity contribution in [2.75, 3.05) is 6.61 Å². The zero-order valence-electron chi connectivity index (χ0n) is 22.4. The summed E-state index contributed by atoms with van der Waals surface area (Å²) in [4.78, 5) is 0. The number of hydrogen-bond donors (Lipinski definition) is 0. The van der Waals surface area contributed by atoms with Crippen molar-refractivity contribution in [2.45, 2.75) is 65.2 Å². The first-order valence-electron chi connectivity index (χ1n) is 13.8. The summed E-state index contributed by atoms with van der Waals surface area (Å²) < 4.78 is 50.1. The highest BCUT2D eigenvalue weighted by atomic mass is 19.2. The molecule has 0 fully saturated rings. The van der Waals surface area contributed by atoms with Crippen molar-refractivity contribution in [3.63, 3.8) is 0 Å². The van der Waals surface area contributed by atoms with E-state index >= 15 is 4.39 Å². The molecule has 0 saturated heterocycles. The molecule has 1 aliphatic carbocycles. The first kappa shape index (κ1) is 27.8. The number of ether oxygens (including phenoxy) is 1. The average molecular weight is 519 g/mol. The number of benzene rings is 3. The fourth-order valence-electron chi connectivity index (χ4n) is 5.10. The molecule has 0 aliphatic heterocycles. The SMILES string of the molecule is CC=CC1CC=C(c2ccc(-c3ccc(-c4ccc(OCCCCCCC)c(F)c4F)cc3)cc2F)CC1. The summed E-state index contributed by atoms with van der Waals surface area (Å²) >= 11 is 0. The lowest BCUT2D eigenvalue weighted by molar-refractivity contribution is 0.285. The zero-order valence-corrected chi connectivity index (χ0v) is 22.4. The van der Waals surface area contributed by atoms with E-state index in [1.807, 2.05) is 31.2 Å². The van der Waals surface area contributed by atoms with Crippen LogP contribution in [0.25, 0.3) is 27.8 Å². The molecule has 1 unspecified atom stereocenters. The molecule has 1 nitrogen and oxygen atoms in total. The van der Waals surface area contributed by atoms with Crippen LogP contribution >= 0.6 is 0 Å². The summed E-state index contributed by atoms with van der Waals surface area (Å²) in [7, 11) is 0. The van der Waals surface area contributed by atoms with E-state index in [0.717, 1.165) is 61.6 Å². The molecule has 3 aromatic carbocycles. The molecule has 0 heterocycles. The Kier molecular flexibility index (Phi) is 9.86. The van der Waals surface area contributed by atoms with Gasteiger partial charge in [0.1, 0.15) is 5.82 Å². The first-order valence-corrected chi connectivity index (χ1v) is 13.8. The number of allylic oxidation sites excluding steroid dienone is 4. The monoisotopic (exact) mass is 518 g/mol. The molecule has 1 aliphatic rings. The van der Waals surface area contributed by atoms with Crippen molar-refractivity contribution in [3.8, 4) is 28.0 Å². The molecule has 0 saturated carbocycles. The molecule has 0 N–H and O–H groups in total. The largest absolute Gasteiger partial charge is 0.490 e. The zero-order chi connectivity index (χ0) is 26.9. The van der Waals surface area contributed by atoms with Crippen LogP contribution in [0.15, 0.2) is 72.8 Å². The third kappa shape index (κ3) is 6.78. The molecule has 0 aromatic heterocycles. The normalized spacial score (nSPS) is 15.6. The topological polar surface area (TPSA) is 9.23 Å². The fraction of sp³-hybridized carbons (Fsp3) is 0.353. The van der Waals surface area contributed by atoms with Crippen LogP contribution in [0, 0.1) is 23.4 Å². The Balaban J connectivity index is 1.43. The number of unbranched alkanes of at least 4 members (excludes halogenated alkanes) is 4. The Morgan fingerprint density at radius 3 is 2.21 bits per heavy atom. The second-order valence-electron chi connectivity index (χ2n) is 10.1. The second-order valence-corrected chi connectivity index (χ2v) is 10.1. The molecule has 0 spiro atoms. The van der Waals surface area contributed by atoms with Gasteiger partial charge in [-0.3, -0.25) is 0 Å². The Hall–Kier alpha value is -3.27. The van der Waals surface area contributed by atoms with Gasteiger partial charge in [-0.2, -0.15) is 4.39 Å². The minimum Gasteiger partial charge on any atom is -0.490 e. The summed E-state index contributed by atoms with van der Waals surface area (Å²) in [6, 6.07) is 15.4. The van der Waals surface area contributed by atoms with Crippen LogP contribution in [-0.4, -0.2) is 6.61 Å². The van der Waals surface area contributed by atoms with Crippen LogP contribution in [0.2, 0.25) is 0 Å². The molecule has 0 bridgehead atoms. The predicted molar refractivity (Wildman–Crippen MR) is 152 cm³/mol. The summed E-state index contributed by atoms with van der Waals surface area (Å²) in [5, 5.41) is 0. The number of hydrogen-bond acceptors (Lipinski definition) is 1.